The molecule has 0 aliphatic carbocycles. The molecule has 0 radical (unpaired) electrons. The Morgan fingerprint density at radius 1 is 1.41 bits per heavy atom. The van der Waals surface area contributed by atoms with E-state index in [4.69, 9.17) is 0 Å². The lowest BCUT2D eigenvalue weighted by Gasteiger charge is -2.40. The number of alkyl halides is 2. The van der Waals surface area contributed by atoms with Crippen molar-refractivity contribution in [1.29, 1.82) is 0 Å². The normalized spacial score (nSPS) is 20.8. The molecular formula is C18H19BrF2N4O2. The Bertz CT molecular complexity index is 852. The van der Waals surface area contributed by atoms with E-state index >= 15 is 0 Å². The van der Waals surface area contributed by atoms with Gasteiger partial charge in [0.15, 0.2) is 0 Å². The third-order valence-electron chi connectivity index (χ3n) is 4.78. The number of carbonyl (C=O) groups is 1. The number of pyridine rings is 2. The molecule has 2 aromatic heterocycles. The lowest BCUT2D eigenvalue weighted by Crippen LogP contribution is -2.52. The summed E-state index contributed by atoms with van der Waals surface area (Å²) in [5, 5.41) is 2.70. The minimum absolute atomic E-state index is 0.0153. The van der Waals surface area contributed by atoms with Gasteiger partial charge in [0.25, 0.3) is 5.92 Å². The zero-order chi connectivity index (χ0) is 19.6. The quantitative estimate of drug-likeness (QED) is 0.765. The molecule has 0 aromatic carbocycles. The van der Waals surface area contributed by atoms with Crippen molar-refractivity contribution in [3.8, 4) is 0 Å². The average Bonchev–Trinajstić information content (AvgIpc) is 2.64. The molecule has 1 fully saturated rings. The second kappa shape index (κ2) is 7.85. The number of aromatic amines is 1. The third kappa shape index (κ3) is 4.59. The van der Waals surface area contributed by atoms with Gasteiger partial charge >= 0.3 is 0 Å². The van der Waals surface area contributed by atoms with E-state index in [1.807, 2.05) is 0 Å². The van der Waals surface area contributed by atoms with E-state index in [1.54, 1.807) is 30.2 Å². The summed E-state index contributed by atoms with van der Waals surface area (Å²) in [5.41, 5.74) is 0.0101. The molecule has 6 nitrogen and oxygen atoms in total. The summed E-state index contributed by atoms with van der Waals surface area (Å²) in [6, 6.07) is 5.46. The SMILES string of the molecule is CC(C(=O)Nc1ccc(Br)cn1)N1CCC(F)(F)C(c2ccc(=O)[nH]c2)C1. The monoisotopic (exact) mass is 440 g/mol. The predicted molar refractivity (Wildman–Crippen MR) is 101 cm³/mol. The first-order chi connectivity index (χ1) is 12.8. The number of likely N-dealkylation sites (tertiary alicyclic amines) is 1. The van der Waals surface area contributed by atoms with Gasteiger partial charge in [0.05, 0.1) is 12.0 Å². The van der Waals surface area contributed by atoms with Crippen LogP contribution in [0, 0.1) is 0 Å². The second-order valence-corrected chi connectivity index (χ2v) is 7.49. The maximum absolute atomic E-state index is 14.4. The summed E-state index contributed by atoms with van der Waals surface area (Å²) in [6.07, 6.45) is 2.53. The highest BCUT2D eigenvalue weighted by Gasteiger charge is 2.46. The number of piperidine rings is 1. The van der Waals surface area contributed by atoms with Gasteiger partial charge in [-0.15, -0.1) is 0 Å². The number of aromatic nitrogens is 2. The maximum atomic E-state index is 14.4. The number of halogens is 3. The Morgan fingerprint density at radius 3 is 2.81 bits per heavy atom. The van der Waals surface area contributed by atoms with Gasteiger partial charge in [-0.05, 0) is 40.5 Å². The molecule has 2 unspecified atom stereocenters. The highest BCUT2D eigenvalue weighted by molar-refractivity contribution is 9.10. The van der Waals surface area contributed by atoms with E-state index in [0.29, 0.717) is 11.4 Å². The van der Waals surface area contributed by atoms with Gasteiger partial charge in [-0.2, -0.15) is 0 Å². The zero-order valence-electron chi connectivity index (χ0n) is 14.6. The van der Waals surface area contributed by atoms with Gasteiger partial charge in [-0.25, -0.2) is 13.8 Å². The fraction of sp³-hybridized carbons (Fsp3) is 0.389. The Morgan fingerprint density at radius 2 is 2.19 bits per heavy atom. The Labute approximate surface area is 163 Å². The first-order valence-corrected chi connectivity index (χ1v) is 9.28. The summed E-state index contributed by atoms with van der Waals surface area (Å²) >= 11 is 3.27. The van der Waals surface area contributed by atoms with E-state index in [2.05, 4.69) is 31.2 Å². The van der Waals surface area contributed by atoms with Crippen LogP contribution in [0.25, 0.3) is 0 Å². The number of nitrogens with one attached hydrogen (secondary N) is 2. The van der Waals surface area contributed by atoms with Gasteiger partial charge in [-0.3, -0.25) is 14.5 Å². The van der Waals surface area contributed by atoms with Crippen LogP contribution in [0.1, 0.15) is 24.8 Å². The molecule has 0 bridgehead atoms. The van der Waals surface area contributed by atoms with Crippen LogP contribution in [0.4, 0.5) is 14.6 Å². The molecule has 1 saturated heterocycles. The number of hydrogen-bond acceptors (Lipinski definition) is 4. The van der Waals surface area contributed by atoms with E-state index in [0.717, 1.165) is 4.47 Å². The first kappa shape index (κ1) is 19.6. The minimum Gasteiger partial charge on any atom is -0.329 e. The van der Waals surface area contributed by atoms with Crippen LogP contribution in [0.3, 0.4) is 0 Å². The van der Waals surface area contributed by atoms with E-state index in [-0.39, 0.29) is 31.0 Å². The summed E-state index contributed by atoms with van der Waals surface area (Å²) in [4.78, 5) is 32.0. The molecule has 3 rings (SSSR count). The highest BCUT2D eigenvalue weighted by atomic mass is 79.9. The summed E-state index contributed by atoms with van der Waals surface area (Å²) in [7, 11) is 0. The van der Waals surface area contributed by atoms with Crippen molar-refractivity contribution in [1.82, 2.24) is 14.9 Å². The maximum Gasteiger partial charge on any atom is 0.257 e. The predicted octanol–water partition coefficient (Wildman–Crippen LogP) is 2.98. The van der Waals surface area contributed by atoms with Gasteiger partial charge < -0.3 is 10.3 Å². The van der Waals surface area contributed by atoms with Crippen molar-refractivity contribution in [3.05, 3.63) is 57.0 Å². The molecule has 2 aromatic rings. The summed E-state index contributed by atoms with van der Waals surface area (Å²) < 4.78 is 29.7. The van der Waals surface area contributed by atoms with E-state index in [1.165, 1.54) is 18.3 Å². The van der Waals surface area contributed by atoms with Gasteiger partial charge in [0, 0.05) is 42.4 Å². The largest absolute Gasteiger partial charge is 0.329 e. The molecule has 9 heteroatoms. The van der Waals surface area contributed by atoms with Crippen LogP contribution in [0.15, 0.2) is 45.9 Å². The van der Waals surface area contributed by atoms with Crippen molar-refractivity contribution in [2.75, 3.05) is 18.4 Å². The number of hydrogen-bond donors (Lipinski definition) is 2. The van der Waals surface area contributed by atoms with Crippen LogP contribution in [-0.4, -0.2) is 45.8 Å². The summed E-state index contributed by atoms with van der Waals surface area (Å²) in [6.45, 7) is 1.80. The number of rotatable bonds is 4. The minimum atomic E-state index is -2.90. The molecule has 144 valence electrons. The lowest BCUT2D eigenvalue weighted by molar-refractivity contribution is -0.125. The number of amides is 1. The van der Waals surface area contributed by atoms with Crippen LogP contribution >= 0.6 is 15.9 Å². The smallest absolute Gasteiger partial charge is 0.257 e. The van der Waals surface area contributed by atoms with Crippen molar-refractivity contribution in [2.24, 2.45) is 0 Å². The molecule has 2 atom stereocenters. The standard InChI is InChI=1S/C18H19BrF2N4O2/c1-11(17(27)24-15-4-3-13(19)9-22-15)25-7-6-18(20,21)14(10-25)12-2-5-16(26)23-8-12/h2-5,8-9,11,14H,6-7,10H2,1H3,(H,23,26)(H,22,24,27). The van der Waals surface area contributed by atoms with Crippen LogP contribution in [0.2, 0.25) is 0 Å². The number of carbonyl (C=O) groups excluding carboxylic acids is 1. The van der Waals surface area contributed by atoms with Gasteiger partial charge in [-0.1, -0.05) is 6.07 Å². The lowest BCUT2D eigenvalue weighted by atomic mass is 9.87. The number of nitrogens with zero attached hydrogens (tertiary/aromatic N) is 2. The molecule has 27 heavy (non-hydrogen) atoms. The average molecular weight is 441 g/mol. The number of H-pyrrole nitrogens is 1. The molecule has 1 amide bonds. The molecule has 2 N–H and O–H groups in total. The fourth-order valence-corrected chi connectivity index (χ4v) is 3.35. The molecular weight excluding hydrogens is 422 g/mol. The molecule has 3 heterocycles. The van der Waals surface area contributed by atoms with Gasteiger partial charge in [0.2, 0.25) is 11.5 Å². The molecule has 0 spiro atoms. The molecule has 1 aliphatic rings. The first-order valence-electron chi connectivity index (χ1n) is 8.49. The van der Waals surface area contributed by atoms with Crippen molar-refractivity contribution in [3.63, 3.8) is 0 Å². The van der Waals surface area contributed by atoms with Crippen LogP contribution in [-0.2, 0) is 4.79 Å². The third-order valence-corrected chi connectivity index (χ3v) is 5.24. The zero-order valence-corrected chi connectivity index (χ0v) is 16.2. The second-order valence-electron chi connectivity index (χ2n) is 6.57. The Kier molecular flexibility index (Phi) is 5.71. The Balaban J connectivity index is 1.72. The topological polar surface area (TPSA) is 78.1 Å². The molecule has 0 saturated carbocycles. The van der Waals surface area contributed by atoms with Crippen LogP contribution < -0.4 is 10.9 Å². The van der Waals surface area contributed by atoms with Crippen LogP contribution in [0.5, 0.6) is 0 Å². The van der Waals surface area contributed by atoms with Crippen molar-refractivity contribution < 1.29 is 13.6 Å². The van der Waals surface area contributed by atoms with Gasteiger partial charge in [0.1, 0.15) is 5.82 Å². The van der Waals surface area contributed by atoms with E-state index in [9.17, 15) is 18.4 Å². The van der Waals surface area contributed by atoms with Crippen molar-refractivity contribution >= 4 is 27.7 Å². The Hall–Kier alpha value is -2.13. The highest BCUT2D eigenvalue weighted by Crippen LogP contribution is 2.40. The number of anilines is 1. The van der Waals surface area contributed by atoms with Crippen molar-refractivity contribution in [2.45, 2.75) is 31.2 Å². The summed E-state index contributed by atoms with van der Waals surface area (Å²) in [5.74, 6) is -3.91. The molecule has 1 aliphatic heterocycles. The fourth-order valence-electron chi connectivity index (χ4n) is 3.11. The van der Waals surface area contributed by atoms with E-state index < -0.39 is 17.9 Å².